The molecule has 0 bridgehead atoms. The molecule has 0 saturated carbocycles. The molecule has 4 heteroatoms. The molecule has 0 radical (unpaired) electrons. The van der Waals surface area contributed by atoms with Crippen LogP contribution in [0.4, 0.5) is 0 Å². The first kappa shape index (κ1) is 12.3. The van der Waals surface area contributed by atoms with E-state index in [9.17, 15) is 5.11 Å². The Morgan fingerprint density at radius 2 is 2.13 bits per heavy atom. The van der Waals surface area contributed by atoms with Crippen molar-refractivity contribution in [1.29, 1.82) is 0 Å². The van der Waals surface area contributed by atoms with E-state index in [1.165, 1.54) is 0 Å². The highest BCUT2D eigenvalue weighted by molar-refractivity contribution is 6.32. The fourth-order valence-corrected chi connectivity index (χ4v) is 1.62. The van der Waals surface area contributed by atoms with Crippen LogP contribution in [0.25, 0.3) is 0 Å². The zero-order valence-corrected chi connectivity index (χ0v) is 9.58. The minimum Gasteiger partial charge on any atom is -0.492 e. The van der Waals surface area contributed by atoms with Gasteiger partial charge >= 0.3 is 0 Å². The van der Waals surface area contributed by atoms with E-state index >= 15 is 0 Å². The highest BCUT2D eigenvalue weighted by Crippen LogP contribution is 2.30. The Hall–Kier alpha value is -0.770. The summed E-state index contributed by atoms with van der Waals surface area (Å²) in [5, 5.41) is 18.8. The van der Waals surface area contributed by atoms with Crippen LogP contribution in [0.5, 0.6) is 5.75 Å². The first-order valence-corrected chi connectivity index (χ1v) is 5.19. The van der Waals surface area contributed by atoms with Crippen LogP contribution in [-0.2, 0) is 0 Å². The molecule has 1 atom stereocenters. The quantitative estimate of drug-likeness (QED) is 0.833. The topological polar surface area (TPSA) is 49.7 Å². The van der Waals surface area contributed by atoms with Crippen molar-refractivity contribution >= 4 is 11.6 Å². The number of aliphatic hydroxyl groups is 2. The first-order chi connectivity index (χ1) is 7.10. The molecule has 3 nitrogen and oxygen atoms in total. The van der Waals surface area contributed by atoms with E-state index in [4.69, 9.17) is 21.4 Å². The van der Waals surface area contributed by atoms with Crippen LogP contribution in [0.3, 0.4) is 0 Å². The molecule has 0 saturated heterocycles. The van der Waals surface area contributed by atoms with Gasteiger partial charge in [-0.1, -0.05) is 11.6 Å². The van der Waals surface area contributed by atoms with Crippen molar-refractivity contribution in [1.82, 2.24) is 0 Å². The summed E-state index contributed by atoms with van der Waals surface area (Å²) < 4.78 is 5.31. The summed E-state index contributed by atoms with van der Waals surface area (Å²) in [7, 11) is 0. The van der Waals surface area contributed by atoms with Gasteiger partial charge in [0.1, 0.15) is 11.9 Å². The summed E-state index contributed by atoms with van der Waals surface area (Å²) in [5.41, 5.74) is 1.48. The lowest BCUT2D eigenvalue weighted by Crippen LogP contribution is -2.05. The van der Waals surface area contributed by atoms with Crippen LogP contribution < -0.4 is 4.74 Å². The maximum Gasteiger partial charge on any atom is 0.138 e. The molecular weight excluding hydrogens is 216 g/mol. The zero-order chi connectivity index (χ0) is 11.4. The van der Waals surface area contributed by atoms with Gasteiger partial charge in [-0.25, -0.2) is 0 Å². The van der Waals surface area contributed by atoms with Crippen LogP contribution in [0.2, 0.25) is 5.02 Å². The molecule has 84 valence electrons. The fraction of sp³-hybridized carbons (Fsp3) is 0.455. The highest BCUT2D eigenvalue weighted by atomic mass is 35.5. The van der Waals surface area contributed by atoms with Gasteiger partial charge in [0.25, 0.3) is 0 Å². The Morgan fingerprint density at radius 1 is 1.47 bits per heavy atom. The molecule has 0 spiro atoms. The lowest BCUT2D eigenvalue weighted by Gasteiger charge is -2.14. The standard InChI is InChI=1S/C11H15ClO3/c1-3-15-11-4-7(2)8(5-9(11)12)10(14)6-13/h4-5,10,13-14H,3,6H2,1-2H3. The summed E-state index contributed by atoms with van der Waals surface area (Å²) in [5.74, 6) is 0.602. The van der Waals surface area contributed by atoms with Gasteiger partial charge in [0, 0.05) is 0 Å². The van der Waals surface area contributed by atoms with Gasteiger partial charge in [-0.3, -0.25) is 0 Å². The molecule has 1 rings (SSSR count). The molecule has 0 aromatic heterocycles. The Labute approximate surface area is 94.3 Å². The minimum atomic E-state index is -0.891. The zero-order valence-electron chi connectivity index (χ0n) is 8.83. The molecule has 0 heterocycles. The van der Waals surface area contributed by atoms with Gasteiger partial charge in [0.15, 0.2) is 0 Å². The average molecular weight is 231 g/mol. The third kappa shape index (κ3) is 2.84. The van der Waals surface area contributed by atoms with E-state index in [1.54, 1.807) is 12.1 Å². The van der Waals surface area contributed by atoms with Crippen LogP contribution in [0.1, 0.15) is 24.2 Å². The fourth-order valence-electron chi connectivity index (χ4n) is 1.39. The predicted molar refractivity (Wildman–Crippen MR) is 59.4 cm³/mol. The molecular formula is C11H15ClO3. The molecule has 2 N–H and O–H groups in total. The summed E-state index contributed by atoms with van der Waals surface area (Å²) in [6.07, 6.45) is -0.891. The van der Waals surface area contributed by atoms with Gasteiger partial charge in [0.05, 0.1) is 18.2 Å². The van der Waals surface area contributed by atoms with E-state index < -0.39 is 6.10 Å². The maximum atomic E-state index is 9.51. The van der Waals surface area contributed by atoms with Crippen molar-refractivity contribution < 1.29 is 14.9 Å². The molecule has 1 aromatic rings. The van der Waals surface area contributed by atoms with Crippen molar-refractivity contribution in [3.63, 3.8) is 0 Å². The largest absolute Gasteiger partial charge is 0.492 e. The second-order valence-electron chi connectivity index (χ2n) is 3.27. The Morgan fingerprint density at radius 3 is 2.67 bits per heavy atom. The molecule has 0 aliphatic rings. The number of ether oxygens (including phenoxy) is 1. The van der Waals surface area contributed by atoms with Gasteiger partial charge in [-0.2, -0.15) is 0 Å². The molecule has 15 heavy (non-hydrogen) atoms. The predicted octanol–water partition coefficient (Wildman–Crippen LogP) is 2.07. The SMILES string of the molecule is CCOc1cc(C)c(C(O)CO)cc1Cl. The molecule has 1 unspecified atom stereocenters. The number of aliphatic hydroxyl groups excluding tert-OH is 2. The van der Waals surface area contributed by atoms with E-state index in [2.05, 4.69) is 0 Å². The van der Waals surface area contributed by atoms with E-state index in [0.29, 0.717) is 22.9 Å². The average Bonchev–Trinajstić information content (AvgIpc) is 2.22. The van der Waals surface area contributed by atoms with E-state index in [0.717, 1.165) is 5.56 Å². The normalized spacial score (nSPS) is 12.6. The summed E-state index contributed by atoms with van der Waals surface area (Å²) in [4.78, 5) is 0. The van der Waals surface area contributed by atoms with Gasteiger partial charge in [0.2, 0.25) is 0 Å². The van der Waals surface area contributed by atoms with Crippen molar-refractivity contribution in [3.05, 3.63) is 28.3 Å². The van der Waals surface area contributed by atoms with Crippen LogP contribution >= 0.6 is 11.6 Å². The third-order valence-corrected chi connectivity index (χ3v) is 2.45. The molecule has 0 aliphatic heterocycles. The van der Waals surface area contributed by atoms with Crippen molar-refractivity contribution in [2.45, 2.75) is 20.0 Å². The monoisotopic (exact) mass is 230 g/mol. The van der Waals surface area contributed by atoms with Gasteiger partial charge in [-0.05, 0) is 37.1 Å². The number of hydrogen-bond acceptors (Lipinski definition) is 3. The highest BCUT2D eigenvalue weighted by Gasteiger charge is 2.12. The molecule has 0 amide bonds. The lowest BCUT2D eigenvalue weighted by atomic mass is 10.0. The third-order valence-electron chi connectivity index (χ3n) is 2.15. The van der Waals surface area contributed by atoms with Crippen molar-refractivity contribution in [3.8, 4) is 5.75 Å². The number of benzene rings is 1. The summed E-state index contributed by atoms with van der Waals surface area (Å²) in [6, 6.07) is 3.39. The van der Waals surface area contributed by atoms with E-state index in [-0.39, 0.29) is 6.61 Å². The van der Waals surface area contributed by atoms with Crippen molar-refractivity contribution in [2.75, 3.05) is 13.2 Å². The van der Waals surface area contributed by atoms with Gasteiger partial charge < -0.3 is 14.9 Å². The smallest absolute Gasteiger partial charge is 0.138 e. The number of rotatable bonds is 4. The van der Waals surface area contributed by atoms with Crippen LogP contribution in [0.15, 0.2) is 12.1 Å². The maximum absolute atomic E-state index is 9.51. The Bertz CT molecular complexity index is 339. The number of aryl methyl sites for hydroxylation is 1. The van der Waals surface area contributed by atoms with E-state index in [1.807, 2.05) is 13.8 Å². The lowest BCUT2D eigenvalue weighted by molar-refractivity contribution is 0.0951. The number of hydrogen-bond donors (Lipinski definition) is 2. The Balaban J connectivity index is 3.07. The second kappa shape index (κ2) is 5.35. The van der Waals surface area contributed by atoms with Crippen LogP contribution in [-0.4, -0.2) is 23.4 Å². The van der Waals surface area contributed by atoms with Crippen LogP contribution in [0, 0.1) is 6.92 Å². The minimum absolute atomic E-state index is 0.314. The molecule has 0 fully saturated rings. The second-order valence-corrected chi connectivity index (χ2v) is 3.68. The Kier molecular flexibility index (Phi) is 4.39. The van der Waals surface area contributed by atoms with Crippen molar-refractivity contribution in [2.24, 2.45) is 0 Å². The summed E-state index contributed by atoms with van der Waals surface area (Å²) in [6.45, 7) is 3.95. The molecule has 0 aliphatic carbocycles. The summed E-state index contributed by atoms with van der Waals surface area (Å²) >= 11 is 5.96. The van der Waals surface area contributed by atoms with Gasteiger partial charge in [-0.15, -0.1) is 0 Å². The number of halogens is 1. The first-order valence-electron chi connectivity index (χ1n) is 4.81. The molecule has 1 aromatic carbocycles.